The van der Waals surface area contributed by atoms with Crippen LogP contribution in [0.2, 0.25) is 0 Å². The molecule has 1 fully saturated rings. The average Bonchev–Trinajstić information content (AvgIpc) is 3.40. The number of rotatable bonds is 7. The van der Waals surface area contributed by atoms with Gasteiger partial charge < -0.3 is 0 Å². The topological polar surface area (TPSA) is 83.6 Å². The van der Waals surface area contributed by atoms with Gasteiger partial charge in [0.25, 0.3) is 10.0 Å². The van der Waals surface area contributed by atoms with Gasteiger partial charge in [-0.15, -0.1) is 0 Å². The van der Waals surface area contributed by atoms with E-state index in [0.717, 1.165) is 24.8 Å². The highest BCUT2D eigenvalue weighted by atomic mass is 32.2. The third-order valence-corrected chi connectivity index (χ3v) is 6.87. The summed E-state index contributed by atoms with van der Waals surface area (Å²) in [6.07, 6.45) is 3.71. The largest absolute Gasteiger partial charge is 0.280 e. The van der Waals surface area contributed by atoms with Gasteiger partial charge in [-0.25, -0.2) is 16.8 Å². The SMILES string of the molecule is CCc1ccc(S(=O)(=O)Nc2ccc(N(C3CC3)S(C)(=O)=O)cc2)cc1. The third-order valence-electron chi connectivity index (χ3n) is 4.25. The van der Waals surface area contributed by atoms with Gasteiger partial charge in [0.15, 0.2) is 0 Å². The number of sulfonamides is 2. The first kappa shape index (κ1) is 18.7. The van der Waals surface area contributed by atoms with E-state index >= 15 is 0 Å². The first-order valence-corrected chi connectivity index (χ1v) is 11.7. The molecule has 1 saturated carbocycles. The fraction of sp³-hybridized carbons (Fsp3) is 0.333. The fourth-order valence-corrected chi connectivity index (χ4v) is 5.09. The van der Waals surface area contributed by atoms with Crippen LogP contribution in [0.5, 0.6) is 0 Å². The van der Waals surface area contributed by atoms with E-state index < -0.39 is 20.0 Å². The van der Waals surface area contributed by atoms with Crippen LogP contribution in [0.1, 0.15) is 25.3 Å². The van der Waals surface area contributed by atoms with Crippen molar-refractivity contribution >= 4 is 31.4 Å². The number of nitrogens with zero attached hydrogens (tertiary/aromatic N) is 1. The highest BCUT2D eigenvalue weighted by molar-refractivity contribution is 7.92. The van der Waals surface area contributed by atoms with E-state index in [1.54, 1.807) is 48.5 Å². The van der Waals surface area contributed by atoms with Gasteiger partial charge in [-0.05, 0) is 61.2 Å². The van der Waals surface area contributed by atoms with Gasteiger partial charge in [-0.2, -0.15) is 0 Å². The lowest BCUT2D eigenvalue weighted by atomic mass is 10.2. The summed E-state index contributed by atoms with van der Waals surface area (Å²) >= 11 is 0. The van der Waals surface area contributed by atoms with E-state index in [4.69, 9.17) is 0 Å². The summed E-state index contributed by atoms with van der Waals surface area (Å²) in [6.45, 7) is 2.00. The third kappa shape index (κ3) is 4.19. The van der Waals surface area contributed by atoms with E-state index in [1.807, 2.05) is 6.92 Å². The Morgan fingerprint density at radius 2 is 1.54 bits per heavy atom. The van der Waals surface area contributed by atoms with Crippen LogP contribution in [0.15, 0.2) is 53.4 Å². The zero-order valence-corrected chi connectivity index (χ0v) is 16.3. The molecule has 6 nitrogen and oxygen atoms in total. The lowest BCUT2D eigenvalue weighted by Crippen LogP contribution is -2.31. The van der Waals surface area contributed by atoms with Crippen molar-refractivity contribution in [2.24, 2.45) is 0 Å². The molecular formula is C18H22N2O4S2. The lowest BCUT2D eigenvalue weighted by molar-refractivity contribution is 0.595. The lowest BCUT2D eigenvalue weighted by Gasteiger charge is -2.22. The van der Waals surface area contributed by atoms with Crippen molar-refractivity contribution < 1.29 is 16.8 Å². The van der Waals surface area contributed by atoms with Crippen LogP contribution in [0.3, 0.4) is 0 Å². The summed E-state index contributed by atoms with van der Waals surface area (Å²) in [4.78, 5) is 0.189. The number of benzene rings is 2. The van der Waals surface area contributed by atoms with Crippen molar-refractivity contribution in [2.75, 3.05) is 15.3 Å². The minimum Gasteiger partial charge on any atom is -0.280 e. The van der Waals surface area contributed by atoms with Crippen molar-refractivity contribution in [3.8, 4) is 0 Å². The van der Waals surface area contributed by atoms with Crippen molar-refractivity contribution in [3.63, 3.8) is 0 Å². The fourth-order valence-electron chi connectivity index (χ4n) is 2.78. The van der Waals surface area contributed by atoms with Gasteiger partial charge in [-0.3, -0.25) is 9.03 Å². The van der Waals surface area contributed by atoms with Crippen LogP contribution >= 0.6 is 0 Å². The predicted molar refractivity (Wildman–Crippen MR) is 103 cm³/mol. The summed E-state index contributed by atoms with van der Waals surface area (Å²) in [5.74, 6) is 0. The van der Waals surface area contributed by atoms with Gasteiger partial charge in [0.2, 0.25) is 10.0 Å². The highest BCUT2D eigenvalue weighted by Crippen LogP contribution is 2.34. The average molecular weight is 395 g/mol. The summed E-state index contributed by atoms with van der Waals surface area (Å²) in [5.41, 5.74) is 2.00. The Hall–Kier alpha value is -2.06. The van der Waals surface area contributed by atoms with E-state index in [-0.39, 0.29) is 10.9 Å². The predicted octanol–water partition coefficient (Wildman–Crippen LogP) is 2.98. The first-order chi connectivity index (χ1) is 12.2. The minimum absolute atomic E-state index is 0.00428. The van der Waals surface area contributed by atoms with E-state index in [9.17, 15) is 16.8 Å². The molecule has 1 aliphatic carbocycles. The Kier molecular flexibility index (Phi) is 4.98. The molecule has 0 saturated heterocycles. The molecule has 26 heavy (non-hydrogen) atoms. The van der Waals surface area contributed by atoms with Crippen LogP contribution < -0.4 is 9.03 Å². The second-order valence-corrected chi connectivity index (χ2v) is 9.98. The molecule has 0 atom stereocenters. The molecule has 1 aliphatic rings. The molecule has 0 unspecified atom stereocenters. The maximum absolute atomic E-state index is 12.5. The Labute approximate surface area is 155 Å². The van der Waals surface area contributed by atoms with E-state index in [0.29, 0.717) is 11.4 Å². The Balaban J connectivity index is 1.80. The maximum atomic E-state index is 12.5. The summed E-state index contributed by atoms with van der Waals surface area (Å²) in [6, 6.07) is 13.1. The van der Waals surface area contributed by atoms with Crippen molar-refractivity contribution in [3.05, 3.63) is 54.1 Å². The van der Waals surface area contributed by atoms with Crippen LogP contribution in [0.4, 0.5) is 11.4 Å². The second kappa shape index (κ2) is 6.92. The normalized spacial score (nSPS) is 14.8. The monoisotopic (exact) mass is 394 g/mol. The van der Waals surface area contributed by atoms with Crippen LogP contribution in [-0.4, -0.2) is 29.1 Å². The molecule has 0 aromatic heterocycles. The summed E-state index contributed by atoms with van der Waals surface area (Å²) in [5, 5.41) is 0. The minimum atomic E-state index is -3.69. The summed E-state index contributed by atoms with van der Waals surface area (Å²) in [7, 11) is -7.04. The van der Waals surface area contributed by atoms with Gasteiger partial charge >= 0.3 is 0 Å². The van der Waals surface area contributed by atoms with Crippen molar-refractivity contribution in [1.29, 1.82) is 0 Å². The van der Waals surface area contributed by atoms with Crippen LogP contribution in [0.25, 0.3) is 0 Å². The first-order valence-electron chi connectivity index (χ1n) is 8.42. The van der Waals surface area contributed by atoms with Crippen molar-refractivity contribution in [1.82, 2.24) is 0 Å². The maximum Gasteiger partial charge on any atom is 0.261 e. The Morgan fingerprint density at radius 1 is 0.962 bits per heavy atom. The quantitative estimate of drug-likeness (QED) is 0.782. The number of aryl methyl sites for hydroxylation is 1. The second-order valence-electron chi connectivity index (χ2n) is 6.44. The number of anilines is 2. The number of hydrogen-bond acceptors (Lipinski definition) is 4. The van der Waals surface area contributed by atoms with E-state index in [2.05, 4.69) is 4.72 Å². The molecule has 2 aromatic rings. The van der Waals surface area contributed by atoms with Crippen molar-refractivity contribution in [2.45, 2.75) is 37.1 Å². The molecule has 0 spiro atoms. The number of hydrogen-bond donors (Lipinski definition) is 1. The van der Waals surface area contributed by atoms with E-state index in [1.165, 1.54) is 10.6 Å². The Morgan fingerprint density at radius 3 is 2.00 bits per heavy atom. The molecule has 0 aliphatic heterocycles. The number of nitrogens with one attached hydrogen (secondary N) is 1. The Bertz CT molecular complexity index is 978. The van der Waals surface area contributed by atoms with Crippen LogP contribution in [0, 0.1) is 0 Å². The van der Waals surface area contributed by atoms with Gasteiger partial charge in [0.1, 0.15) is 0 Å². The standard InChI is InChI=1S/C18H22N2O4S2/c1-3-14-4-12-18(13-5-14)26(23,24)19-15-6-8-16(9-7-15)20(17-10-11-17)25(2,21)22/h4-9,12-13,17,19H,3,10-11H2,1-2H3. The highest BCUT2D eigenvalue weighted by Gasteiger charge is 2.35. The molecule has 0 radical (unpaired) electrons. The molecule has 140 valence electrons. The molecule has 0 bridgehead atoms. The zero-order chi connectivity index (χ0) is 18.9. The summed E-state index contributed by atoms with van der Waals surface area (Å²) < 4.78 is 52.8. The van der Waals surface area contributed by atoms with Gasteiger partial charge in [-0.1, -0.05) is 19.1 Å². The molecule has 8 heteroatoms. The van der Waals surface area contributed by atoms with Gasteiger partial charge in [0, 0.05) is 11.7 Å². The van der Waals surface area contributed by atoms with Crippen LogP contribution in [-0.2, 0) is 26.5 Å². The molecule has 1 N–H and O–H groups in total. The molecule has 3 rings (SSSR count). The molecule has 0 heterocycles. The zero-order valence-electron chi connectivity index (χ0n) is 14.7. The molecule has 0 amide bonds. The van der Waals surface area contributed by atoms with Gasteiger partial charge in [0.05, 0.1) is 16.8 Å². The molecular weight excluding hydrogens is 372 g/mol. The smallest absolute Gasteiger partial charge is 0.261 e. The molecule has 2 aromatic carbocycles.